The molecule has 1 aliphatic carbocycles. The molecule has 0 bridgehead atoms. The number of hydrogen-bond donors (Lipinski definition) is 1. The lowest BCUT2D eigenvalue weighted by molar-refractivity contribution is 0.208. The normalized spacial score (nSPS) is 20.6. The summed E-state index contributed by atoms with van der Waals surface area (Å²) in [5, 5.41) is 7.05. The van der Waals surface area contributed by atoms with Crippen molar-refractivity contribution in [2.24, 2.45) is 5.41 Å². The molecule has 0 radical (unpaired) electrons. The van der Waals surface area contributed by atoms with E-state index in [9.17, 15) is 0 Å². The summed E-state index contributed by atoms with van der Waals surface area (Å²) in [4.78, 5) is 4.55. The second-order valence-electron chi connectivity index (χ2n) is 6.38. The van der Waals surface area contributed by atoms with Crippen LogP contribution in [0.5, 0.6) is 0 Å². The van der Waals surface area contributed by atoms with Crippen molar-refractivity contribution in [1.82, 2.24) is 10.3 Å². The molecular weight excluding hydrogens is 264 g/mol. The summed E-state index contributed by atoms with van der Waals surface area (Å²) in [6.45, 7) is 7.65. The zero-order chi connectivity index (χ0) is 14.2. The molecule has 0 aliphatic heterocycles. The van der Waals surface area contributed by atoms with Gasteiger partial charge in [-0.05, 0) is 36.3 Å². The molecule has 0 saturated carbocycles. The van der Waals surface area contributed by atoms with Crippen molar-refractivity contribution in [2.45, 2.75) is 46.2 Å². The summed E-state index contributed by atoms with van der Waals surface area (Å²) < 4.78 is 0. The highest BCUT2D eigenvalue weighted by Crippen LogP contribution is 2.43. The second kappa shape index (κ2) is 5.30. The maximum atomic E-state index is 4.55. The SMILES string of the molecule is Cc1csc(CNC2c3ccccc3CCC2(C)C)n1. The fourth-order valence-electron chi connectivity index (χ4n) is 3.13. The van der Waals surface area contributed by atoms with Crippen LogP contribution in [0.4, 0.5) is 0 Å². The Morgan fingerprint density at radius 3 is 2.90 bits per heavy atom. The number of hydrogen-bond acceptors (Lipinski definition) is 3. The maximum absolute atomic E-state index is 4.55. The van der Waals surface area contributed by atoms with E-state index >= 15 is 0 Å². The first-order chi connectivity index (χ1) is 9.56. The lowest BCUT2D eigenvalue weighted by atomic mass is 9.70. The summed E-state index contributed by atoms with van der Waals surface area (Å²) >= 11 is 1.75. The van der Waals surface area contributed by atoms with Gasteiger partial charge in [-0.15, -0.1) is 11.3 Å². The zero-order valence-electron chi connectivity index (χ0n) is 12.4. The van der Waals surface area contributed by atoms with Gasteiger partial charge in [0.15, 0.2) is 0 Å². The van der Waals surface area contributed by atoms with Crippen LogP contribution in [-0.2, 0) is 13.0 Å². The first kappa shape index (κ1) is 13.8. The minimum absolute atomic E-state index is 0.292. The lowest BCUT2D eigenvalue weighted by Crippen LogP contribution is -2.37. The first-order valence-electron chi connectivity index (χ1n) is 7.28. The molecule has 2 nitrogen and oxygen atoms in total. The largest absolute Gasteiger partial charge is 0.303 e. The molecule has 106 valence electrons. The van der Waals surface area contributed by atoms with E-state index in [1.807, 2.05) is 0 Å². The Bertz CT molecular complexity index is 601. The molecule has 1 N–H and O–H groups in total. The van der Waals surface area contributed by atoms with E-state index in [-0.39, 0.29) is 0 Å². The third kappa shape index (κ3) is 2.65. The fraction of sp³-hybridized carbons (Fsp3) is 0.471. The average molecular weight is 286 g/mol. The van der Waals surface area contributed by atoms with E-state index in [1.54, 1.807) is 11.3 Å². The third-order valence-corrected chi connectivity index (χ3v) is 5.28. The predicted octanol–water partition coefficient (Wildman–Crippen LogP) is 4.25. The van der Waals surface area contributed by atoms with Crippen molar-refractivity contribution in [3.63, 3.8) is 0 Å². The molecule has 1 heterocycles. The highest BCUT2D eigenvalue weighted by atomic mass is 32.1. The lowest BCUT2D eigenvalue weighted by Gasteiger charge is -2.40. The smallest absolute Gasteiger partial charge is 0.107 e. The number of nitrogens with zero attached hydrogens (tertiary/aromatic N) is 1. The number of thiazole rings is 1. The fourth-order valence-corrected chi connectivity index (χ4v) is 3.85. The van der Waals surface area contributed by atoms with Crippen LogP contribution in [-0.4, -0.2) is 4.98 Å². The summed E-state index contributed by atoms with van der Waals surface area (Å²) in [6, 6.07) is 9.27. The van der Waals surface area contributed by atoms with E-state index in [0.29, 0.717) is 11.5 Å². The maximum Gasteiger partial charge on any atom is 0.107 e. The van der Waals surface area contributed by atoms with Crippen LogP contribution in [0.3, 0.4) is 0 Å². The van der Waals surface area contributed by atoms with Crippen LogP contribution in [0.25, 0.3) is 0 Å². The van der Waals surface area contributed by atoms with Gasteiger partial charge in [-0.25, -0.2) is 4.98 Å². The molecule has 2 aromatic rings. The van der Waals surface area contributed by atoms with Crippen molar-refractivity contribution in [3.05, 3.63) is 51.5 Å². The molecule has 1 aromatic carbocycles. The summed E-state index contributed by atoms with van der Waals surface area (Å²) in [5.74, 6) is 0. The molecule has 0 saturated heterocycles. The van der Waals surface area contributed by atoms with Crippen LogP contribution in [0.1, 0.15) is 48.1 Å². The number of fused-ring (bicyclic) bond motifs is 1. The van der Waals surface area contributed by atoms with Crippen LogP contribution in [0, 0.1) is 12.3 Å². The standard InChI is InChI=1S/C17H22N2S/c1-12-11-20-15(19-12)10-18-16-14-7-5-4-6-13(14)8-9-17(16,2)3/h4-7,11,16,18H,8-10H2,1-3H3. The Labute approximate surface area is 125 Å². The van der Waals surface area contributed by atoms with Gasteiger partial charge >= 0.3 is 0 Å². The Morgan fingerprint density at radius 2 is 2.15 bits per heavy atom. The molecule has 1 aromatic heterocycles. The van der Waals surface area contributed by atoms with Crippen LogP contribution >= 0.6 is 11.3 Å². The van der Waals surface area contributed by atoms with Gasteiger partial charge in [0.1, 0.15) is 5.01 Å². The number of aromatic nitrogens is 1. The van der Waals surface area contributed by atoms with Crippen LogP contribution in [0.15, 0.2) is 29.6 Å². The van der Waals surface area contributed by atoms with Gasteiger partial charge < -0.3 is 5.32 Å². The molecule has 3 rings (SSSR count). The van der Waals surface area contributed by atoms with Crippen LogP contribution < -0.4 is 5.32 Å². The number of aryl methyl sites for hydroxylation is 2. The monoisotopic (exact) mass is 286 g/mol. The molecular formula is C17H22N2S. The Kier molecular flexibility index (Phi) is 3.65. The van der Waals surface area contributed by atoms with Crippen molar-refractivity contribution in [2.75, 3.05) is 0 Å². The van der Waals surface area contributed by atoms with E-state index < -0.39 is 0 Å². The molecule has 0 spiro atoms. The highest BCUT2D eigenvalue weighted by molar-refractivity contribution is 7.09. The van der Waals surface area contributed by atoms with E-state index in [2.05, 4.69) is 60.7 Å². The Hall–Kier alpha value is -1.19. The second-order valence-corrected chi connectivity index (χ2v) is 7.33. The van der Waals surface area contributed by atoms with Crippen molar-refractivity contribution >= 4 is 11.3 Å². The minimum Gasteiger partial charge on any atom is -0.303 e. The van der Waals surface area contributed by atoms with Crippen molar-refractivity contribution in [3.8, 4) is 0 Å². The van der Waals surface area contributed by atoms with Gasteiger partial charge in [-0.2, -0.15) is 0 Å². The Balaban J connectivity index is 1.82. The summed E-state index contributed by atoms with van der Waals surface area (Å²) in [5.41, 5.74) is 4.38. The first-order valence-corrected chi connectivity index (χ1v) is 8.16. The van der Waals surface area contributed by atoms with E-state index in [1.165, 1.54) is 29.0 Å². The van der Waals surface area contributed by atoms with Gasteiger partial charge in [0, 0.05) is 23.7 Å². The topological polar surface area (TPSA) is 24.9 Å². The number of nitrogens with one attached hydrogen (secondary N) is 1. The number of benzene rings is 1. The van der Waals surface area contributed by atoms with Gasteiger partial charge in [0.2, 0.25) is 0 Å². The van der Waals surface area contributed by atoms with Gasteiger partial charge in [0.05, 0.1) is 0 Å². The molecule has 3 heteroatoms. The number of rotatable bonds is 3. The van der Waals surface area contributed by atoms with Gasteiger partial charge in [-0.1, -0.05) is 38.1 Å². The summed E-state index contributed by atoms with van der Waals surface area (Å²) in [6.07, 6.45) is 2.43. The molecule has 1 unspecified atom stereocenters. The molecule has 1 aliphatic rings. The van der Waals surface area contributed by atoms with E-state index in [0.717, 1.165) is 12.2 Å². The molecule has 0 amide bonds. The molecule has 0 fully saturated rings. The Morgan fingerprint density at radius 1 is 1.35 bits per heavy atom. The van der Waals surface area contributed by atoms with Gasteiger partial charge in [0.25, 0.3) is 0 Å². The minimum atomic E-state index is 0.292. The predicted molar refractivity (Wildman–Crippen MR) is 85.0 cm³/mol. The quantitative estimate of drug-likeness (QED) is 0.912. The molecule has 1 atom stereocenters. The highest BCUT2D eigenvalue weighted by Gasteiger charge is 2.35. The van der Waals surface area contributed by atoms with Crippen molar-refractivity contribution < 1.29 is 0 Å². The van der Waals surface area contributed by atoms with Crippen molar-refractivity contribution in [1.29, 1.82) is 0 Å². The van der Waals surface area contributed by atoms with Gasteiger partial charge in [-0.3, -0.25) is 0 Å². The summed E-state index contributed by atoms with van der Waals surface area (Å²) in [7, 11) is 0. The van der Waals surface area contributed by atoms with Crippen LogP contribution in [0.2, 0.25) is 0 Å². The zero-order valence-corrected chi connectivity index (χ0v) is 13.3. The molecule has 20 heavy (non-hydrogen) atoms. The van der Waals surface area contributed by atoms with E-state index in [4.69, 9.17) is 0 Å². The average Bonchev–Trinajstić information content (AvgIpc) is 2.83. The third-order valence-electron chi connectivity index (χ3n) is 4.31.